The highest BCUT2D eigenvalue weighted by Gasteiger charge is 2.48. The SMILES string of the molecule is CNCC1(F)Cc2ccc(F)cc2C1Oc1ccccc1F. The summed E-state index contributed by atoms with van der Waals surface area (Å²) >= 11 is 0. The minimum Gasteiger partial charge on any atom is -0.479 e. The molecule has 1 aliphatic carbocycles. The Hall–Kier alpha value is -2.01. The van der Waals surface area contributed by atoms with Crippen LogP contribution in [0.4, 0.5) is 13.2 Å². The molecule has 2 aromatic rings. The van der Waals surface area contributed by atoms with Crippen LogP contribution < -0.4 is 10.1 Å². The van der Waals surface area contributed by atoms with Gasteiger partial charge in [-0.1, -0.05) is 18.2 Å². The molecule has 1 N–H and O–H groups in total. The zero-order valence-electron chi connectivity index (χ0n) is 12.1. The molecule has 2 nitrogen and oxygen atoms in total. The largest absolute Gasteiger partial charge is 0.479 e. The van der Waals surface area contributed by atoms with Crippen LogP contribution in [0.5, 0.6) is 5.75 Å². The maximum atomic E-state index is 15.3. The molecule has 0 aliphatic heterocycles. The van der Waals surface area contributed by atoms with Crippen LogP contribution in [0.25, 0.3) is 0 Å². The molecule has 116 valence electrons. The molecule has 22 heavy (non-hydrogen) atoms. The van der Waals surface area contributed by atoms with Gasteiger partial charge in [0.15, 0.2) is 23.3 Å². The zero-order valence-corrected chi connectivity index (χ0v) is 12.1. The van der Waals surface area contributed by atoms with E-state index >= 15 is 4.39 Å². The van der Waals surface area contributed by atoms with Gasteiger partial charge in [0.1, 0.15) is 5.82 Å². The smallest absolute Gasteiger partial charge is 0.168 e. The van der Waals surface area contributed by atoms with Gasteiger partial charge in [-0.15, -0.1) is 0 Å². The molecule has 0 fully saturated rings. The number of fused-ring (bicyclic) bond motifs is 1. The van der Waals surface area contributed by atoms with E-state index in [1.165, 1.54) is 30.3 Å². The molecular weight excluding hydrogens is 291 g/mol. The third-order valence-electron chi connectivity index (χ3n) is 3.90. The van der Waals surface area contributed by atoms with Crippen molar-refractivity contribution in [3.05, 3.63) is 65.2 Å². The average Bonchev–Trinajstić information content (AvgIpc) is 2.74. The lowest BCUT2D eigenvalue weighted by atomic mass is 9.99. The molecule has 0 saturated carbocycles. The number of alkyl halides is 1. The van der Waals surface area contributed by atoms with Gasteiger partial charge in [-0.3, -0.25) is 0 Å². The van der Waals surface area contributed by atoms with E-state index < -0.39 is 23.4 Å². The Morgan fingerprint density at radius 1 is 1.23 bits per heavy atom. The van der Waals surface area contributed by atoms with Crippen molar-refractivity contribution in [1.82, 2.24) is 5.32 Å². The molecule has 2 atom stereocenters. The summed E-state index contributed by atoms with van der Waals surface area (Å²) < 4.78 is 48.2. The first-order valence-corrected chi connectivity index (χ1v) is 7.06. The Morgan fingerprint density at radius 3 is 2.73 bits per heavy atom. The number of benzene rings is 2. The topological polar surface area (TPSA) is 21.3 Å². The summed E-state index contributed by atoms with van der Waals surface area (Å²) in [4.78, 5) is 0. The predicted molar refractivity (Wildman–Crippen MR) is 77.6 cm³/mol. The molecule has 0 amide bonds. The second-order valence-corrected chi connectivity index (χ2v) is 5.51. The normalized spacial score (nSPS) is 23.4. The highest BCUT2D eigenvalue weighted by atomic mass is 19.1. The Kier molecular flexibility index (Phi) is 3.83. The van der Waals surface area contributed by atoms with Crippen LogP contribution in [0.1, 0.15) is 17.2 Å². The van der Waals surface area contributed by atoms with Crippen LogP contribution in [-0.4, -0.2) is 19.3 Å². The van der Waals surface area contributed by atoms with E-state index in [0.717, 1.165) is 0 Å². The Balaban J connectivity index is 2.01. The molecule has 0 radical (unpaired) electrons. The first-order valence-electron chi connectivity index (χ1n) is 7.06. The lowest BCUT2D eigenvalue weighted by molar-refractivity contribution is 0.0208. The van der Waals surface area contributed by atoms with Gasteiger partial charge in [0.25, 0.3) is 0 Å². The van der Waals surface area contributed by atoms with Gasteiger partial charge in [0, 0.05) is 18.5 Å². The van der Waals surface area contributed by atoms with Gasteiger partial charge in [-0.25, -0.2) is 13.2 Å². The highest BCUT2D eigenvalue weighted by Crippen LogP contribution is 2.45. The Bertz CT molecular complexity index is 691. The molecule has 3 rings (SSSR count). The standard InChI is InChI=1S/C17H16F3NO/c1-21-10-17(20)9-11-6-7-12(18)8-13(11)16(17)22-15-5-3-2-4-14(15)19/h2-8,16,21H,9-10H2,1H3. The van der Waals surface area contributed by atoms with Crippen molar-refractivity contribution in [3.8, 4) is 5.75 Å². The van der Waals surface area contributed by atoms with Gasteiger partial charge in [-0.2, -0.15) is 0 Å². The number of para-hydroxylation sites is 1. The highest BCUT2D eigenvalue weighted by molar-refractivity contribution is 5.40. The number of nitrogens with one attached hydrogen (secondary N) is 1. The molecule has 0 bridgehead atoms. The maximum Gasteiger partial charge on any atom is 0.168 e. The van der Waals surface area contributed by atoms with Gasteiger partial charge in [0.05, 0.1) is 0 Å². The van der Waals surface area contributed by atoms with Crippen LogP contribution >= 0.6 is 0 Å². The van der Waals surface area contributed by atoms with E-state index in [1.807, 2.05) is 0 Å². The van der Waals surface area contributed by atoms with E-state index in [9.17, 15) is 8.78 Å². The van der Waals surface area contributed by atoms with Gasteiger partial charge in [0.2, 0.25) is 0 Å². The first kappa shape index (κ1) is 14.9. The summed E-state index contributed by atoms with van der Waals surface area (Å²) in [6, 6.07) is 9.93. The van der Waals surface area contributed by atoms with E-state index in [1.54, 1.807) is 19.2 Å². The fourth-order valence-electron chi connectivity index (χ4n) is 2.94. The molecule has 1 aliphatic rings. The van der Waals surface area contributed by atoms with Crippen LogP contribution in [0, 0.1) is 11.6 Å². The second kappa shape index (κ2) is 5.65. The lowest BCUT2D eigenvalue weighted by Crippen LogP contribution is -2.41. The maximum absolute atomic E-state index is 15.3. The molecule has 0 spiro atoms. The summed E-state index contributed by atoms with van der Waals surface area (Å²) in [6.07, 6.45) is -0.953. The molecule has 2 aromatic carbocycles. The number of hydrogen-bond donors (Lipinski definition) is 1. The molecule has 2 unspecified atom stereocenters. The first-order chi connectivity index (χ1) is 10.5. The van der Waals surface area contributed by atoms with E-state index in [0.29, 0.717) is 11.1 Å². The van der Waals surface area contributed by atoms with E-state index in [-0.39, 0.29) is 18.7 Å². The van der Waals surface area contributed by atoms with Gasteiger partial charge < -0.3 is 10.1 Å². The summed E-state index contributed by atoms with van der Waals surface area (Å²) in [5.74, 6) is -1.07. The molecular formula is C17H16F3NO. The van der Waals surface area contributed by atoms with Crippen LogP contribution in [-0.2, 0) is 6.42 Å². The predicted octanol–water partition coefficient (Wildman–Crippen LogP) is 3.57. The summed E-state index contributed by atoms with van der Waals surface area (Å²) in [5, 5.41) is 2.79. The Morgan fingerprint density at radius 2 is 2.00 bits per heavy atom. The average molecular weight is 307 g/mol. The van der Waals surface area contributed by atoms with Gasteiger partial charge >= 0.3 is 0 Å². The quantitative estimate of drug-likeness (QED) is 0.932. The fraction of sp³-hybridized carbons (Fsp3) is 0.294. The van der Waals surface area contributed by atoms with Crippen LogP contribution in [0.3, 0.4) is 0 Å². The zero-order chi connectivity index (χ0) is 15.7. The third kappa shape index (κ3) is 2.57. The van der Waals surface area contributed by atoms with Crippen molar-refractivity contribution < 1.29 is 17.9 Å². The second-order valence-electron chi connectivity index (χ2n) is 5.51. The number of halogens is 3. The third-order valence-corrected chi connectivity index (χ3v) is 3.90. The monoisotopic (exact) mass is 307 g/mol. The summed E-state index contributed by atoms with van der Waals surface area (Å²) in [7, 11) is 1.63. The number of hydrogen-bond acceptors (Lipinski definition) is 2. The van der Waals surface area contributed by atoms with Gasteiger partial charge in [-0.05, 0) is 36.9 Å². The van der Waals surface area contributed by atoms with E-state index in [2.05, 4.69) is 5.32 Å². The number of ether oxygens (including phenoxy) is 1. The van der Waals surface area contributed by atoms with Crippen molar-refractivity contribution in [3.63, 3.8) is 0 Å². The number of rotatable bonds is 4. The molecule has 0 saturated heterocycles. The van der Waals surface area contributed by atoms with Crippen molar-refractivity contribution >= 4 is 0 Å². The fourth-order valence-corrected chi connectivity index (χ4v) is 2.94. The minimum atomic E-state index is -1.76. The van der Waals surface area contributed by atoms with Crippen molar-refractivity contribution in [2.45, 2.75) is 18.2 Å². The van der Waals surface area contributed by atoms with Crippen molar-refractivity contribution in [1.29, 1.82) is 0 Å². The molecule has 0 aromatic heterocycles. The lowest BCUT2D eigenvalue weighted by Gasteiger charge is -2.28. The molecule has 5 heteroatoms. The van der Waals surface area contributed by atoms with E-state index in [4.69, 9.17) is 4.74 Å². The van der Waals surface area contributed by atoms with Crippen molar-refractivity contribution in [2.75, 3.05) is 13.6 Å². The van der Waals surface area contributed by atoms with Crippen LogP contribution in [0.2, 0.25) is 0 Å². The molecule has 0 heterocycles. The van der Waals surface area contributed by atoms with Crippen LogP contribution in [0.15, 0.2) is 42.5 Å². The summed E-state index contributed by atoms with van der Waals surface area (Å²) in [6.45, 7) is 0.0302. The summed E-state index contributed by atoms with van der Waals surface area (Å²) in [5.41, 5.74) is -0.644. The minimum absolute atomic E-state index is 0.0302. The van der Waals surface area contributed by atoms with Crippen molar-refractivity contribution in [2.24, 2.45) is 0 Å². The Labute approximate surface area is 126 Å².